The van der Waals surface area contributed by atoms with Crippen molar-refractivity contribution in [3.8, 4) is 0 Å². The highest BCUT2D eigenvalue weighted by Gasteiger charge is 1.95. The van der Waals surface area contributed by atoms with Gasteiger partial charge < -0.3 is 9.79 Å². The summed E-state index contributed by atoms with van der Waals surface area (Å²) in [6.45, 7) is 9.06. The van der Waals surface area contributed by atoms with Crippen LogP contribution in [0.1, 0.15) is 34.1 Å². The van der Waals surface area contributed by atoms with Crippen LogP contribution in [0, 0.1) is 11.8 Å². The first-order chi connectivity index (χ1) is 4.86. The third-order valence-electron chi connectivity index (χ3n) is 0.943. The summed E-state index contributed by atoms with van der Waals surface area (Å²) in [6.07, 6.45) is 1.36. The Kier molecular flexibility index (Phi) is 10.3. The number of hydrogen-bond acceptors (Lipinski definition) is 1. The second-order valence-electron chi connectivity index (χ2n) is 3.31. The van der Waals surface area contributed by atoms with Gasteiger partial charge in [-0.05, 0) is 18.3 Å². The van der Waals surface area contributed by atoms with Crippen molar-refractivity contribution in [2.45, 2.75) is 34.1 Å². The second kappa shape index (κ2) is 8.25. The van der Waals surface area contributed by atoms with E-state index in [-0.39, 0.29) is 0 Å². The van der Waals surface area contributed by atoms with Crippen molar-refractivity contribution < 1.29 is 14.4 Å². The normalized spacial score (nSPS) is 10.3. The van der Waals surface area contributed by atoms with E-state index < -0.39 is 8.25 Å². The molecule has 11 heavy (non-hydrogen) atoms. The minimum Gasteiger partial charge on any atom is -0.326 e. The SMILES string of the molecule is CC(C)CC(C)C.O=[PH](O)O. The lowest BCUT2D eigenvalue weighted by atomic mass is 10.0. The lowest BCUT2D eigenvalue weighted by Crippen LogP contribution is -1.93. The fourth-order valence-electron chi connectivity index (χ4n) is 0.943. The number of hydrogen-bond donors (Lipinski definition) is 2. The van der Waals surface area contributed by atoms with Gasteiger partial charge in [-0.25, -0.2) is 0 Å². The first kappa shape index (κ1) is 13.7. The highest BCUT2D eigenvalue weighted by atomic mass is 31.1. The Morgan fingerprint density at radius 2 is 1.27 bits per heavy atom. The molecule has 0 radical (unpaired) electrons. The van der Waals surface area contributed by atoms with E-state index >= 15 is 0 Å². The van der Waals surface area contributed by atoms with Gasteiger partial charge >= 0.3 is 8.25 Å². The maximum atomic E-state index is 8.74. The Labute approximate surface area is 69.4 Å². The third kappa shape index (κ3) is 39.1. The summed E-state index contributed by atoms with van der Waals surface area (Å²) in [4.78, 5) is 14.3. The Morgan fingerprint density at radius 3 is 1.27 bits per heavy atom. The molecule has 0 heterocycles. The summed E-state index contributed by atoms with van der Waals surface area (Å²) in [5.74, 6) is 1.75. The molecule has 0 aliphatic rings. The Hall–Kier alpha value is 0.150. The highest BCUT2D eigenvalue weighted by molar-refractivity contribution is 7.30. The zero-order valence-electron chi connectivity index (χ0n) is 7.66. The van der Waals surface area contributed by atoms with Crippen LogP contribution in [-0.4, -0.2) is 9.79 Å². The first-order valence-electron chi connectivity index (χ1n) is 3.78. The molecular formula is C7H19O3P. The topological polar surface area (TPSA) is 57.5 Å². The number of rotatable bonds is 2. The van der Waals surface area contributed by atoms with Crippen LogP contribution in [0.25, 0.3) is 0 Å². The maximum absolute atomic E-state index is 8.74. The summed E-state index contributed by atoms with van der Waals surface area (Å²) < 4.78 is 8.74. The third-order valence-corrected chi connectivity index (χ3v) is 0.943. The molecule has 0 aromatic carbocycles. The molecule has 0 aliphatic heterocycles. The Morgan fingerprint density at radius 1 is 1.09 bits per heavy atom. The van der Waals surface area contributed by atoms with E-state index in [9.17, 15) is 0 Å². The van der Waals surface area contributed by atoms with Crippen molar-refractivity contribution in [2.75, 3.05) is 0 Å². The molecule has 70 valence electrons. The summed E-state index contributed by atoms with van der Waals surface area (Å²) in [5.41, 5.74) is 0. The Balaban J connectivity index is 0. The average molecular weight is 182 g/mol. The summed E-state index contributed by atoms with van der Waals surface area (Å²) in [5, 5.41) is 0. The molecular weight excluding hydrogens is 163 g/mol. The molecule has 0 amide bonds. The second-order valence-corrected chi connectivity index (χ2v) is 3.87. The van der Waals surface area contributed by atoms with Gasteiger partial charge in [-0.15, -0.1) is 0 Å². The Bertz CT molecular complexity index is 91.9. The quantitative estimate of drug-likeness (QED) is 0.642. The van der Waals surface area contributed by atoms with Gasteiger partial charge in [0.05, 0.1) is 0 Å². The molecule has 0 spiro atoms. The van der Waals surface area contributed by atoms with Gasteiger partial charge in [0.1, 0.15) is 0 Å². The van der Waals surface area contributed by atoms with Gasteiger partial charge in [-0.3, -0.25) is 4.57 Å². The molecule has 0 unspecified atom stereocenters. The zero-order chi connectivity index (χ0) is 9.44. The molecule has 0 aliphatic carbocycles. The van der Waals surface area contributed by atoms with E-state index in [0.29, 0.717) is 0 Å². The van der Waals surface area contributed by atoms with Gasteiger partial charge in [-0.2, -0.15) is 0 Å². The van der Waals surface area contributed by atoms with E-state index in [1.807, 2.05) is 0 Å². The molecule has 0 saturated carbocycles. The lowest BCUT2D eigenvalue weighted by Gasteiger charge is -2.05. The van der Waals surface area contributed by atoms with Gasteiger partial charge in [0.25, 0.3) is 0 Å². The molecule has 4 heteroatoms. The smallest absolute Gasteiger partial charge is 0.314 e. The van der Waals surface area contributed by atoms with Crippen LogP contribution in [0.3, 0.4) is 0 Å². The van der Waals surface area contributed by atoms with Gasteiger partial charge in [0.15, 0.2) is 0 Å². The van der Waals surface area contributed by atoms with Crippen LogP contribution >= 0.6 is 8.25 Å². The standard InChI is InChI=1S/C7H16.H3O3P/c1-6(2)5-7(3)4;1-4(2)3/h6-7H,5H2,1-4H3;4H,(H2,1,2,3). The molecule has 2 N–H and O–H groups in total. The summed E-state index contributed by atoms with van der Waals surface area (Å²) in [7, 11) is -3.13. The van der Waals surface area contributed by atoms with Crippen LogP contribution in [0.15, 0.2) is 0 Å². The van der Waals surface area contributed by atoms with E-state index in [4.69, 9.17) is 14.4 Å². The van der Waals surface area contributed by atoms with Crippen LogP contribution in [0.2, 0.25) is 0 Å². The van der Waals surface area contributed by atoms with Gasteiger partial charge in [-0.1, -0.05) is 27.7 Å². The van der Waals surface area contributed by atoms with Crippen molar-refractivity contribution in [1.29, 1.82) is 0 Å². The highest BCUT2D eigenvalue weighted by Crippen LogP contribution is 2.08. The molecule has 0 fully saturated rings. The van der Waals surface area contributed by atoms with Gasteiger partial charge in [0, 0.05) is 0 Å². The monoisotopic (exact) mass is 182 g/mol. The fourth-order valence-corrected chi connectivity index (χ4v) is 0.943. The van der Waals surface area contributed by atoms with Crippen LogP contribution in [-0.2, 0) is 4.57 Å². The summed E-state index contributed by atoms with van der Waals surface area (Å²) in [6, 6.07) is 0. The fraction of sp³-hybridized carbons (Fsp3) is 1.00. The lowest BCUT2D eigenvalue weighted by molar-refractivity contribution is 0.405. The van der Waals surface area contributed by atoms with Crippen LogP contribution in [0.5, 0.6) is 0 Å². The average Bonchev–Trinajstić information content (AvgIpc) is 1.56. The predicted molar refractivity (Wildman–Crippen MR) is 47.7 cm³/mol. The zero-order valence-corrected chi connectivity index (χ0v) is 8.66. The molecule has 0 atom stereocenters. The van der Waals surface area contributed by atoms with E-state index in [2.05, 4.69) is 27.7 Å². The van der Waals surface area contributed by atoms with Crippen molar-refractivity contribution in [2.24, 2.45) is 11.8 Å². The van der Waals surface area contributed by atoms with Crippen molar-refractivity contribution in [1.82, 2.24) is 0 Å². The van der Waals surface area contributed by atoms with Gasteiger partial charge in [0.2, 0.25) is 0 Å². The van der Waals surface area contributed by atoms with Crippen LogP contribution in [0.4, 0.5) is 0 Å². The predicted octanol–water partition coefficient (Wildman–Crippen LogP) is 2.05. The van der Waals surface area contributed by atoms with Crippen molar-refractivity contribution in [3.05, 3.63) is 0 Å². The maximum Gasteiger partial charge on any atom is 0.314 e. The molecule has 0 rings (SSSR count). The molecule has 3 nitrogen and oxygen atoms in total. The van der Waals surface area contributed by atoms with E-state index in [1.165, 1.54) is 6.42 Å². The van der Waals surface area contributed by atoms with E-state index in [0.717, 1.165) is 11.8 Å². The minimum atomic E-state index is -3.13. The largest absolute Gasteiger partial charge is 0.326 e. The minimum absolute atomic E-state index is 0.875. The molecule has 0 bridgehead atoms. The first-order valence-corrected chi connectivity index (χ1v) is 5.08. The van der Waals surface area contributed by atoms with Crippen molar-refractivity contribution >= 4 is 8.25 Å². The molecule has 0 aromatic heterocycles. The van der Waals surface area contributed by atoms with Crippen molar-refractivity contribution in [3.63, 3.8) is 0 Å². The summed E-state index contributed by atoms with van der Waals surface area (Å²) >= 11 is 0. The van der Waals surface area contributed by atoms with Crippen LogP contribution < -0.4 is 0 Å². The molecule has 0 aromatic rings. The molecule has 0 saturated heterocycles. The van der Waals surface area contributed by atoms with E-state index in [1.54, 1.807) is 0 Å².